The number of methoxy groups -OCH3 is 2. The van der Waals surface area contributed by atoms with Crippen molar-refractivity contribution in [2.45, 2.75) is 39.0 Å². The first-order valence-corrected chi connectivity index (χ1v) is 9.39. The smallest absolute Gasteiger partial charge is 0.493 e. The van der Waals surface area contributed by atoms with Crippen LogP contribution in [0.5, 0.6) is 11.5 Å². The standard InChI is InChI=1S/C20H29NO7/c1-5-26-20(23)28-18-12-15(13(2)22)19(21-18)14-7-8-16(25-4)17(11-14)27-10-6-9-24-3/h7-8,11,15,18-19,21H,5-6,9-10,12H2,1-4H3/t15-,18+,19+/m1/s1. The van der Waals surface area contributed by atoms with Crippen LogP contribution in [0.4, 0.5) is 4.79 Å². The molecule has 0 bridgehead atoms. The van der Waals surface area contributed by atoms with E-state index in [4.69, 9.17) is 23.7 Å². The predicted molar refractivity (Wildman–Crippen MR) is 102 cm³/mol. The van der Waals surface area contributed by atoms with Gasteiger partial charge in [-0.1, -0.05) is 6.07 Å². The van der Waals surface area contributed by atoms with Crippen LogP contribution >= 0.6 is 0 Å². The highest BCUT2D eigenvalue weighted by Gasteiger charge is 2.39. The van der Waals surface area contributed by atoms with Gasteiger partial charge < -0.3 is 23.7 Å². The van der Waals surface area contributed by atoms with Gasteiger partial charge in [0.25, 0.3) is 0 Å². The summed E-state index contributed by atoms with van der Waals surface area (Å²) >= 11 is 0. The summed E-state index contributed by atoms with van der Waals surface area (Å²) in [7, 11) is 3.22. The van der Waals surface area contributed by atoms with Crippen molar-refractivity contribution >= 4 is 11.9 Å². The van der Waals surface area contributed by atoms with Gasteiger partial charge in [-0.3, -0.25) is 10.1 Å². The zero-order chi connectivity index (χ0) is 20.5. The second-order valence-corrected chi connectivity index (χ2v) is 6.49. The summed E-state index contributed by atoms with van der Waals surface area (Å²) in [5, 5.41) is 3.21. The lowest BCUT2D eigenvalue weighted by Gasteiger charge is -2.20. The Balaban J connectivity index is 2.15. The first-order chi connectivity index (χ1) is 13.5. The van der Waals surface area contributed by atoms with Crippen LogP contribution in [0, 0.1) is 5.92 Å². The van der Waals surface area contributed by atoms with Crippen LogP contribution in [-0.2, 0) is 19.0 Å². The molecule has 0 aromatic heterocycles. The van der Waals surface area contributed by atoms with E-state index in [0.717, 1.165) is 12.0 Å². The van der Waals surface area contributed by atoms with Gasteiger partial charge in [0.1, 0.15) is 5.78 Å². The third-order valence-corrected chi connectivity index (χ3v) is 4.56. The van der Waals surface area contributed by atoms with Gasteiger partial charge in [0.15, 0.2) is 17.7 Å². The molecule has 1 fully saturated rings. The molecule has 8 heteroatoms. The van der Waals surface area contributed by atoms with Crippen LogP contribution < -0.4 is 14.8 Å². The van der Waals surface area contributed by atoms with Crippen molar-refractivity contribution in [3.8, 4) is 11.5 Å². The topological polar surface area (TPSA) is 92.3 Å². The van der Waals surface area contributed by atoms with Crippen molar-refractivity contribution in [2.75, 3.05) is 34.0 Å². The van der Waals surface area contributed by atoms with E-state index in [2.05, 4.69) is 5.32 Å². The summed E-state index contributed by atoms with van der Waals surface area (Å²) in [6.07, 6.45) is -0.211. The van der Waals surface area contributed by atoms with Crippen LogP contribution in [0.25, 0.3) is 0 Å². The minimum Gasteiger partial charge on any atom is -0.493 e. The second-order valence-electron chi connectivity index (χ2n) is 6.49. The van der Waals surface area contributed by atoms with Gasteiger partial charge in [-0.2, -0.15) is 0 Å². The van der Waals surface area contributed by atoms with Gasteiger partial charge in [0, 0.05) is 38.5 Å². The lowest BCUT2D eigenvalue weighted by Crippen LogP contribution is -2.30. The Hall–Kier alpha value is -2.32. The number of hydrogen-bond acceptors (Lipinski definition) is 8. The Morgan fingerprint density at radius 3 is 2.61 bits per heavy atom. The van der Waals surface area contributed by atoms with Crippen molar-refractivity contribution in [1.29, 1.82) is 0 Å². The van der Waals surface area contributed by atoms with Crippen molar-refractivity contribution in [1.82, 2.24) is 5.32 Å². The zero-order valence-electron chi connectivity index (χ0n) is 16.9. The van der Waals surface area contributed by atoms with E-state index in [1.165, 1.54) is 6.92 Å². The SMILES string of the molecule is CCOC(=O)O[C@H]1C[C@H](C(C)=O)[C@H](c2ccc(OC)c(OCCCOC)c2)N1. The third-order valence-electron chi connectivity index (χ3n) is 4.56. The Morgan fingerprint density at radius 2 is 1.96 bits per heavy atom. The fourth-order valence-corrected chi connectivity index (χ4v) is 3.22. The maximum absolute atomic E-state index is 12.2. The molecule has 0 aliphatic carbocycles. The predicted octanol–water partition coefficient (Wildman–Crippen LogP) is 2.85. The van der Waals surface area contributed by atoms with Gasteiger partial charge in [-0.15, -0.1) is 0 Å². The molecule has 1 heterocycles. The number of carbonyl (C=O) groups excluding carboxylic acids is 2. The average Bonchev–Trinajstić information content (AvgIpc) is 3.09. The minimum absolute atomic E-state index is 0.0193. The third kappa shape index (κ3) is 5.84. The lowest BCUT2D eigenvalue weighted by molar-refractivity contribution is -0.121. The number of Topliss-reactive ketones (excluding diaryl/α,β-unsaturated/α-hetero) is 1. The van der Waals surface area contributed by atoms with E-state index in [-0.39, 0.29) is 24.3 Å². The van der Waals surface area contributed by atoms with Crippen LogP contribution in [-0.4, -0.2) is 52.2 Å². The molecule has 28 heavy (non-hydrogen) atoms. The average molecular weight is 395 g/mol. The molecule has 0 amide bonds. The lowest BCUT2D eigenvalue weighted by atomic mass is 9.91. The fourth-order valence-electron chi connectivity index (χ4n) is 3.22. The number of rotatable bonds is 10. The largest absolute Gasteiger partial charge is 0.509 e. The first-order valence-electron chi connectivity index (χ1n) is 9.39. The van der Waals surface area contributed by atoms with E-state index < -0.39 is 12.4 Å². The fraction of sp³-hybridized carbons (Fsp3) is 0.600. The molecule has 3 atom stereocenters. The number of hydrogen-bond donors (Lipinski definition) is 1. The van der Waals surface area contributed by atoms with Gasteiger partial charge >= 0.3 is 6.16 Å². The minimum atomic E-state index is -0.750. The highest BCUT2D eigenvalue weighted by Crippen LogP contribution is 2.38. The Labute approximate surface area is 165 Å². The van der Waals surface area contributed by atoms with Gasteiger partial charge in [-0.05, 0) is 31.5 Å². The molecule has 1 aliphatic rings. The van der Waals surface area contributed by atoms with Gasteiger partial charge in [0.05, 0.1) is 20.3 Å². The van der Waals surface area contributed by atoms with Crippen LogP contribution in [0.1, 0.15) is 38.3 Å². The Bertz CT molecular complexity index is 664. The molecule has 1 saturated heterocycles. The molecule has 8 nitrogen and oxygen atoms in total. The van der Waals surface area contributed by atoms with E-state index in [1.54, 1.807) is 27.2 Å². The molecule has 0 saturated carbocycles. The molecule has 0 spiro atoms. The highest BCUT2D eigenvalue weighted by molar-refractivity contribution is 5.80. The van der Waals surface area contributed by atoms with Crippen LogP contribution in [0.15, 0.2) is 18.2 Å². The molecule has 1 aromatic carbocycles. The van der Waals surface area contributed by atoms with Gasteiger partial charge in [-0.25, -0.2) is 4.79 Å². The molecule has 0 radical (unpaired) electrons. The van der Waals surface area contributed by atoms with Crippen molar-refractivity contribution in [3.05, 3.63) is 23.8 Å². The van der Waals surface area contributed by atoms with E-state index in [9.17, 15) is 9.59 Å². The molecular weight excluding hydrogens is 366 g/mol. The Kier molecular flexibility index (Phi) is 8.53. The number of ether oxygens (including phenoxy) is 5. The summed E-state index contributed by atoms with van der Waals surface area (Å²) in [6.45, 7) is 4.56. The van der Waals surface area contributed by atoms with E-state index in [1.807, 2.05) is 12.1 Å². The number of nitrogens with one attached hydrogen (secondary N) is 1. The van der Waals surface area contributed by atoms with E-state index >= 15 is 0 Å². The maximum atomic E-state index is 12.2. The zero-order valence-corrected chi connectivity index (χ0v) is 16.9. The van der Waals surface area contributed by atoms with Crippen LogP contribution in [0.3, 0.4) is 0 Å². The summed E-state index contributed by atoms with van der Waals surface area (Å²) < 4.78 is 26.3. The molecule has 2 rings (SSSR count). The molecular formula is C20H29NO7. The first kappa shape index (κ1) is 22.0. The summed E-state index contributed by atoms with van der Waals surface area (Å²) in [5.74, 6) is 0.896. The van der Waals surface area contributed by atoms with Crippen molar-refractivity contribution < 1.29 is 33.3 Å². The summed E-state index contributed by atoms with van der Waals surface area (Å²) in [6, 6.07) is 5.23. The molecule has 156 valence electrons. The maximum Gasteiger partial charge on any atom is 0.509 e. The van der Waals surface area contributed by atoms with Crippen molar-refractivity contribution in [2.24, 2.45) is 5.92 Å². The molecule has 1 aromatic rings. The quantitative estimate of drug-likeness (QED) is 0.478. The number of ketones is 1. The van der Waals surface area contributed by atoms with Crippen molar-refractivity contribution in [3.63, 3.8) is 0 Å². The summed E-state index contributed by atoms with van der Waals surface area (Å²) in [5.41, 5.74) is 0.859. The highest BCUT2D eigenvalue weighted by atomic mass is 16.7. The van der Waals surface area contributed by atoms with Gasteiger partial charge in [0.2, 0.25) is 0 Å². The molecule has 0 unspecified atom stereocenters. The normalized spacial score (nSPS) is 21.2. The number of benzene rings is 1. The number of carbonyl (C=O) groups is 2. The second kappa shape index (κ2) is 10.9. The van der Waals surface area contributed by atoms with Crippen LogP contribution in [0.2, 0.25) is 0 Å². The summed E-state index contributed by atoms with van der Waals surface area (Å²) in [4.78, 5) is 23.8. The monoisotopic (exact) mass is 395 g/mol. The van der Waals surface area contributed by atoms with E-state index in [0.29, 0.717) is 31.1 Å². The molecule has 1 N–H and O–H groups in total. The Morgan fingerprint density at radius 1 is 1.18 bits per heavy atom. The molecule has 1 aliphatic heterocycles.